The van der Waals surface area contributed by atoms with E-state index < -0.39 is 5.97 Å². The summed E-state index contributed by atoms with van der Waals surface area (Å²) in [7, 11) is 0. The van der Waals surface area contributed by atoms with E-state index in [1.807, 2.05) is 5.53 Å². The van der Waals surface area contributed by atoms with Crippen molar-refractivity contribution < 1.29 is 9.90 Å². The van der Waals surface area contributed by atoms with Crippen LogP contribution in [-0.4, -0.2) is 24.0 Å². The summed E-state index contributed by atoms with van der Waals surface area (Å²) in [6, 6.07) is 0. The Morgan fingerprint density at radius 1 is 1.80 bits per heavy atom. The lowest BCUT2D eigenvalue weighted by atomic mass is 10.7. The third-order valence-electron chi connectivity index (χ3n) is 0.545. The summed E-state index contributed by atoms with van der Waals surface area (Å²) in [5.41, 5.74) is 6.65. The molecule has 6 N–H and O–H groups in total. The molecule has 0 radical (unpaired) electrons. The first-order valence-corrected chi connectivity index (χ1v) is 2.44. The molecule has 0 aromatic heterocycles. The number of aliphatic carboxylic acids is 1. The van der Waals surface area contributed by atoms with E-state index in [0.717, 1.165) is 0 Å². The first-order chi connectivity index (χ1) is 4.77. The van der Waals surface area contributed by atoms with Crippen LogP contribution in [0.4, 0.5) is 0 Å². The van der Waals surface area contributed by atoms with Crippen molar-refractivity contribution >= 4 is 12.3 Å². The first kappa shape index (κ1) is 8.66. The fourth-order valence-electron chi connectivity index (χ4n) is 0.242. The van der Waals surface area contributed by atoms with Crippen molar-refractivity contribution in [2.45, 2.75) is 0 Å². The van der Waals surface area contributed by atoms with Gasteiger partial charge in [0.2, 0.25) is 0 Å². The van der Waals surface area contributed by atoms with Gasteiger partial charge in [-0.05, 0) is 0 Å². The van der Waals surface area contributed by atoms with Crippen molar-refractivity contribution in [2.75, 3.05) is 6.54 Å². The average Bonchev–Trinajstić information content (AvgIpc) is 1.87. The lowest BCUT2D eigenvalue weighted by Crippen LogP contribution is -2.35. The van der Waals surface area contributed by atoms with E-state index in [0.29, 0.717) is 0 Å². The van der Waals surface area contributed by atoms with E-state index in [1.165, 1.54) is 6.34 Å². The SMILES string of the molecule is NN/N=C/NNCC(=O)O. The Balaban J connectivity index is 3.05. The normalized spacial score (nSPS) is 9.70. The average molecular weight is 147 g/mol. The number of hydrazone groups is 1. The third-order valence-corrected chi connectivity index (χ3v) is 0.545. The van der Waals surface area contributed by atoms with E-state index in [2.05, 4.69) is 16.0 Å². The number of carboxylic acids is 1. The number of carbonyl (C=O) groups is 1. The van der Waals surface area contributed by atoms with Crippen LogP contribution in [0.5, 0.6) is 0 Å². The van der Waals surface area contributed by atoms with Gasteiger partial charge < -0.3 is 10.5 Å². The molecule has 0 aliphatic rings. The smallest absolute Gasteiger partial charge is 0.319 e. The molecule has 0 amide bonds. The molecular formula is C3H9N5O2. The molecule has 0 heterocycles. The molecule has 0 saturated carbocycles. The molecule has 0 rings (SSSR count). The van der Waals surface area contributed by atoms with Crippen LogP contribution in [-0.2, 0) is 4.79 Å². The van der Waals surface area contributed by atoms with E-state index in [4.69, 9.17) is 10.9 Å². The molecule has 0 aliphatic carbocycles. The van der Waals surface area contributed by atoms with Crippen LogP contribution in [0.3, 0.4) is 0 Å². The molecule has 0 bridgehead atoms. The predicted octanol–water partition coefficient (Wildman–Crippen LogP) is -2.43. The van der Waals surface area contributed by atoms with E-state index in [1.54, 1.807) is 0 Å². The molecular weight excluding hydrogens is 138 g/mol. The third kappa shape index (κ3) is 6.66. The second kappa shape index (κ2) is 5.79. The van der Waals surface area contributed by atoms with Gasteiger partial charge in [0.25, 0.3) is 0 Å². The highest BCUT2D eigenvalue weighted by atomic mass is 16.4. The van der Waals surface area contributed by atoms with Gasteiger partial charge in [-0.15, -0.1) is 0 Å². The van der Waals surface area contributed by atoms with Crippen LogP contribution < -0.4 is 22.2 Å². The van der Waals surface area contributed by atoms with Crippen molar-refractivity contribution in [3.63, 3.8) is 0 Å². The molecule has 0 aromatic carbocycles. The number of nitrogens with zero attached hydrogens (tertiary/aromatic N) is 1. The summed E-state index contributed by atoms with van der Waals surface area (Å²) in [6.07, 6.45) is 1.18. The quantitative estimate of drug-likeness (QED) is 0.0971. The van der Waals surface area contributed by atoms with Gasteiger partial charge in [0.15, 0.2) is 0 Å². The van der Waals surface area contributed by atoms with E-state index >= 15 is 0 Å². The number of nitrogens with two attached hydrogens (primary N) is 1. The van der Waals surface area contributed by atoms with Crippen LogP contribution in [0.25, 0.3) is 0 Å². The highest BCUT2D eigenvalue weighted by Crippen LogP contribution is 1.52. The monoisotopic (exact) mass is 147 g/mol. The van der Waals surface area contributed by atoms with Crippen LogP contribution >= 0.6 is 0 Å². The molecule has 0 saturated heterocycles. The highest BCUT2D eigenvalue weighted by molar-refractivity contribution is 5.69. The Morgan fingerprint density at radius 2 is 2.50 bits per heavy atom. The van der Waals surface area contributed by atoms with Crippen LogP contribution in [0.2, 0.25) is 0 Å². The zero-order valence-electron chi connectivity index (χ0n) is 5.16. The van der Waals surface area contributed by atoms with E-state index in [9.17, 15) is 4.79 Å². The molecule has 7 nitrogen and oxygen atoms in total. The largest absolute Gasteiger partial charge is 0.480 e. The summed E-state index contributed by atoms with van der Waals surface area (Å²) in [5, 5.41) is 11.4. The van der Waals surface area contributed by atoms with Crippen LogP contribution in [0, 0.1) is 0 Å². The van der Waals surface area contributed by atoms with Crippen LogP contribution in [0.1, 0.15) is 0 Å². The second-order valence-electron chi connectivity index (χ2n) is 1.28. The number of hydrazine groups is 2. The fraction of sp³-hybridized carbons (Fsp3) is 0.333. The molecule has 7 heteroatoms. The van der Waals surface area contributed by atoms with Gasteiger partial charge in [0.1, 0.15) is 12.9 Å². The summed E-state index contributed by atoms with van der Waals surface area (Å²) in [4.78, 5) is 9.84. The molecule has 0 aromatic rings. The maximum atomic E-state index is 9.84. The summed E-state index contributed by atoms with van der Waals surface area (Å²) < 4.78 is 0. The highest BCUT2D eigenvalue weighted by Gasteiger charge is 1.90. The minimum atomic E-state index is -0.957. The van der Waals surface area contributed by atoms with Crippen molar-refractivity contribution in [3.8, 4) is 0 Å². The topological polar surface area (TPSA) is 112 Å². The Labute approximate surface area is 57.2 Å². The zero-order valence-corrected chi connectivity index (χ0v) is 5.16. The molecule has 0 atom stereocenters. The Hall–Kier alpha value is -1.34. The summed E-state index contributed by atoms with van der Waals surface area (Å²) >= 11 is 0. The molecule has 0 aliphatic heterocycles. The Morgan fingerprint density at radius 3 is 3.00 bits per heavy atom. The van der Waals surface area contributed by atoms with E-state index in [-0.39, 0.29) is 6.54 Å². The van der Waals surface area contributed by atoms with Crippen molar-refractivity contribution in [3.05, 3.63) is 0 Å². The Kier molecular flexibility index (Phi) is 5.01. The number of hydrogen-bond acceptors (Lipinski definition) is 5. The van der Waals surface area contributed by atoms with Gasteiger partial charge in [-0.1, -0.05) is 0 Å². The molecule has 58 valence electrons. The van der Waals surface area contributed by atoms with Gasteiger partial charge >= 0.3 is 5.97 Å². The summed E-state index contributed by atoms with van der Waals surface area (Å²) in [5.74, 6) is 3.78. The minimum Gasteiger partial charge on any atom is -0.480 e. The number of nitrogens with one attached hydrogen (secondary N) is 3. The number of rotatable bonds is 5. The van der Waals surface area contributed by atoms with Crippen LogP contribution in [0.15, 0.2) is 5.10 Å². The molecule has 10 heavy (non-hydrogen) atoms. The lowest BCUT2D eigenvalue weighted by Gasteiger charge is -1.97. The maximum absolute atomic E-state index is 9.84. The van der Waals surface area contributed by atoms with Gasteiger partial charge in [-0.3, -0.25) is 4.79 Å². The summed E-state index contributed by atoms with van der Waals surface area (Å²) in [6.45, 7) is -0.184. The number of carboxylic acid groups (broad SMARTS) is 1. The second-order valence-corrected chi connectivity index (χ2v) is 1.28. The van der Waals surface area contributed by atoms with Gasteiger partial charge in [-0.2, -0.15) is 5.10 Å². The van der Waals surface area contributed by atoms with Crippen molar-refractivity contribution in [2.24, 2.45) is 10.9 Å². The van der Waals surface area contributed by atoms with Gasteiger partial charge in [0.05, 0.1) is 0 Å². The fourth-order valence-corrected chi connectivity index (χ4v) is 0.242. The Bertz CT molecular complexity index is 124. The zero-order chi connectivity index (χ0) is 7.82. The molecule has 0 fully saturated rings. The standard InChI is InChI=1S/C3H9N5O2/c4-8-7-2-6-5-1-3(9)10/h2,5,8H,1,4H2,(H,6,7)(H,9,10). The first-order valence-electron chi connectivity index (χ1n) is 2.44. The molecule has 0 spiro atoms. The van der Waals surface area contributed by atoms with Gasteiger partial charge in [0, 0.05) is 0 Å². The maximum Gasteiger partial charge on any atom is 0.319 e. The van der Waals surface area contributed by atoms with Crippen molar-refractivity contribution in [1.29, 1.82) is 0 Å². The van der Waals surface area contributed by atoms with Gasteiger partial charge in [-0.25, -0.2) is 16.8 Å². The minimum absolute atomic E-state index is 0.184. The van der Waals surface area contributed by atoms with Crippen molar-refractivity contribution in [1.82, 2.24) is 16.4 Å². The predicted molar refractivity (Wildman–Crippen MR) is 34.6 cm³/mol. The molecule has 0 unspecified atom stereocenters. The lowest BCUT2D eigenvalue weighted by molar-refractivity contribution is -0.136. The number of hydrogen-bond donors (Lipinski definition) is 5.